The standard InChI is InChI=1S/C27H37FO6/c1-5-6-7-23(33)34-26(22(32)15-29)11-9-18-20-12-16(2)19-13-17(30)8-10-24(19,3)27(20,28)21(31)14-25(18,26)4/h8,10,13,16,18,20-21,29,31H,5-7,9,11-12,14-15H2,1-4H3/t16-,18-,20-,21?,24-,25-,26-,27-/m0/s1. The number of carbonyl (C=O) groups excluding carboxylic acids is 3. The van der Waals surface area contributed by atoms with Crippen LogP contribution in [0, 0.1) is 28.6 Å². The van der Waals surface area contributed by atoms with Crippen molar-refractivity contribution in [2.24, 2.45) is 28.6 Å². The predicted octanol–water partition coefficient (Wildman–Crippen LogP) is 3.64. The highest BCUT2D eigenvalue weighted by Gasteiger charge is 2.76. The average molecular weight is 477 g/mol. The van der Waals surface area contributed by atoms with Crippen molar-refractivity contribution in [1.29, 1.82) is 0 Å². The molecule has 0 amide bonds. The number of halogens is 1. The largest absolute Gasteiger partial charge is 0.450 e. The summed E-state index contributed by atoms with van der Waals surface area (Å²) >= 11 is 0. The highest BCUT2D eigenvalue weighted by atomic mass is 19.1. The number of rotatable bonds is 6. The third-order valence-electron chi connectivity index (χ3n) is 9.71. The van der Waals surface area contributed by atoms with E-state index in [-0.39, 0.29) is 36.9 Å². The molecule has 1 unspecified atom stereocenters. The van der Waals surface area contributed by atoms with Gasteiger partial charge in [-0.25, -0.2) is 4.39 Å². The Labute approximate surface area is 200 Å². The van der Waals surface area contributed by atoms with Gasteiger partial charge in [0.15, 0.2) is 17.1 Å². The topological polar surface area (TPSA) is 101 Å². The lowest BCUT2D eigenvalue weighted by Gasteiger charge is -2.63. The van der Waals surface area contributed by atoms with Crippen molar-refractivity contribution >= 4 is 17.5 Å². The third kappa shape index (κ3) is 3.15. The van der Waals surface area contributed by atoms with Crippen molar-refractivity contribution < 1.29 is 33.7 Å². The van der Waals surface area contributed by atoms with Gasteiger partial charge in [0.1, 0.15) is 6.61 Å². The molecular formula is C27H37FO6. The second-order valence-electron chi connectivity index (χ2n) is 11.3. The van der Waals surface area contributed by atoms with Gasteiger partial charge in [-0.3, -0.25) is 14.4 Å². The van der Waals surface area contributed by atoms with Crippen LogP contribution < -0.4 is 0 Å². The maximum atomic E-state index is 17.3. The normalized spacial score (nSPS) is 45.1. The van der Waals surface area contributed by atoms with E-state index in [4.69, 9.17) is 4.74 Å². The molecule has 34 heavy (non-hydrogen) atoms. The Kier molecular flexibility index (Phi) is 6.21. The van der Waals surface area contributed by atoms with E-state index in [9.17, 15) is 24.6 Å². The number of hydrogen-bond acceptors (Lipinski definition) is 6. The van der Waals surface area contributed by atoms with Gasteiger partial charge in [0, 0.05) is 23.2 Å². The van der Waals surface area contributed by atoms with Crippen molar-refractivity contribution in [3.05, 3.63) is 23.8 Å². The quantitative estimate of drug-likeness (QED) is 0.568. The Balaban J connectivity index is 1.79. The van der Waals surface area contributed by atoms with Crippen LogP contribution in [0.15, 0.2) is 23.8 Å². The van der Waals surface area contributed by atoms with Gasteiger partial charge >= 0.3 is 5.97 Å². The molecule has 2 N–H and O–H groups in total. The Morgan fingerprint density at radius 2 is 1.97 bits per heavy atom. The van der Waals surface area contributed by atoms with E-state index in [1.165, 1.54) is 12.2 Å². The summed E-state index contributed by atoms with van der Waals surface area (Å²) < 4.78 is 23.2. The Hall–Kier alpha value is -1.86. The Bertz CT molecular complexity index is 957. The number of carbonyl (C=O) groups is 3. The van der Waals surface area contributed by atoms with Gasteiger partial charge < -0.3 is 14.9 Å². The SMILES string of the molecule is CCCCC(=O)O[C@]1(C(=O)CO)CC[C@H]2[C@@H]3C[C@H](C)C4=CC(=O)C=C[C@]4(C)[C@@]3(F)C(O)C[C@@]21C. The fourth-order valence-corrected chi connectivity index (χ4v) is 7.96. The van der Waals surface area contributed by atoms with Gasteiger partial charge in [0.05, 0.1) is 6.10 Å². The number of hydrogen-bond donors (Lipinski definition) is 2. The van der Waals surface area contributed by atoms with Gasteiger partial charge in [-0.2, -0.15) is 0 Å². The van der Waals surface area contributed by atoms with E-state index in [1.54, 1.807) is 13.0 Å². The van der Waals surface area contributed by atoms with E-state index in [0.717, 1.165) is 6.42 Å². The number of unbranched alkanes of at least 4 members (excludes halogenated alkanes) is 1. The molecule has 8 atom stereocenters. The molecule has 7 heteroatoms. The van der Waals surface area contributed by atoms with Crippen molar-refractivity contribution in [2.75, 3.05) is 6.61 Å². The van der Waals surface area contributed by atoms with E-state index < -0.39 is 52.5 Å². The summed E-state index contributed by atoms with van der Waals surface area (Å²) in [6, 6.07) is 0. The van der Waals surface area contributed by atoms with Crippen LogP contribution >= 0.6 is 0 Å². The van der Waals surface area contributed by atoms with Gasteiger partial charge in [-0.05, 0) is 63.0 Å². The molecule has 0 aromatic heterocycles. The highest BCUT2D eigenvalue weighted by molar-refractivity contribution is 6.01. The summed E-state index contributed by atoms with van der Waals surface area (Å²) in [4.78, 5) is 38.0. The predicted molar refractivity (Wildman–Crippen MR) is 123 cm³/mol. The molecule has 0 spiro atoms. The van der Waals surface area contributed by atoms with Gasteiger partial charge in [0.2, 0.25) is 5.78 Å². The van der Waals surface area contributed by atoms with E-state index in [0.29, 0.717) is 24.8 Å². The second kappa shape index (κ2) is 8.37. The van der Waals surface area contributed by atoms with Gasteiger partial charge in [-0.1, -0.05) is 38.8 Å². The van der Waals surface area contributed by atoms with Crippen LogP contribution in [-0.4, -0.2) is 51.7 Å². The van der Waals surface area contributed by atoms with E-state index >= 15 is 4.39 Å². The highest BCUT2D eigenvalue weighted by Crippen LogP contribution is 2.71. The molecule has 0 saturated heterocycles. The molecule has 0 bridgehead atoms. The van der Waals surface area contributed by atoms with Crippen molar-refractivity contribution in [2.45, 2.75) is 90.0 Å². The summed E-state index contributed by atoms with van der Waals surface area (Å²) in [6.45, 7) is 6.71. The van der Waals surface area contributed by atoms with Gasteiger partial charge in [-0.15, -0.1) is 0 Å². The molecule has 0 aromatic carbocycles. The molecule has 3 saturated carbocycles. The number of fused-ring (bicyclic) bond motifs is 5. The number of ether oxygens (including phenoxy) is 1. The van der Waals surface area contributed by atoms with Crippen molar-refractivity contribution in [3.63, 3.8) is 0 Å². The molecule has 0 aliphatic heterocycles. The zero-order chi connectivity index (χ0) is 25.1. The maximum absolute atomic E-state index is 17.3. The zero-order valence-corrected chi connectivity index (χ0v) is 20.6. The number of allylic oxidation sites excluding steroid dienone is 4. The first kappa shape index (κ1) is 25.2. The molecule has 0 aromatic rings. The molecule has 4 aliphatic rings. The Morgan fingerprint density at radius 1 is 1.26 bits per heavy atom. The first-order valence-corrected chi connectivity index (χ1v) is 12.6. The number of aliphatic hydroxyl groups is 2. The lowest BCUT2D eigenvalue weighted by atomic mass is 9.43. The van der Waals surface area contributed by atoms with E-state index in [2.05, 4.69) is 0 Å². The van der Waals surface area contributed by atoms with Crippen LogP contribution in [0.1, 0.15) is 72.6 Å². The summed E-state index contributed by atoms with van der Waals surface area (Å²) in [6.07, 6.45) is 5.64. The Morgan fingerprint density at radius 3 is 2.62 bits per heavy atom. The molecular weight excluding hydrogens is 439 g/mol. The minimum atomic E-state index is -2.03. The minimum Gasteiger partial charge on any atom is -0.450 e. The fourth-order valence-electron chi connectivity index (χ4n) is 7.96. The van der Waals surface area contributed by atoms with Crippen LogP contribution in [0.5, 0.6) is 0 Å². The first-order chi connectivity index (χ1) is 15.9. The summed E-state index contributed by atoms with van der Waals surface area (Å²) in [5, 5.41) is 21.3. The average Bonchev–Trinajstić information content (AvgIpc) is 3.07. The maximum Gasteiger partial charge on any atom is 0.306 e. The number of Topliss-reactive ketones (excluding diaryl/α,β-unsaturated/α-hetero) is 1. The minimum absolute atomic E-state index is 0.0729. The third-order valence-corrected chi connectivity index (χ3v) is 9.71. The first-order valence-electron chi connectivity index (χ1n) is 12.6. The lowest BCUT2D eigenvalue weighted by Crippen LogP contribution is -2.70. The van der Waals surface area contributed by atoms with Crippen LogP contribution in [0.4, 0.5) is 4.39 Å². The fraction of sp³-hybridized carbons (Fsp3) is 0.741. The van der Waals surface area contributed by atoms with Gasteiger partial charge in [0.25, 0.3) is 0 Å². The molecule has 6 nitrogen and oxygen atoms in total. The van der Waals surface area contributed by atoms with Crippen LogP contribution in [0.3, 0.4) is 0 Å². The summed E-state index contributed by atoms with van der Waals surface area (Å²) in [5.41, 5.74) is -5.08. The van der Waals surface area contributed by atoms with E-state index in [1.807, 2.05) is 20.8 Å². The van der Waals surface area contributed by atoms with Crippen molar-refractivity contribution in [1.82, 2.24) is 0 Å². The van der Waals surface area contributed by atoms with Crippen molar-refractivity contribution in [3.8, 4) is 0 Å². The van der Waals surface area contributed by atoms with Crippen LogP contribution in [0.2, 0.25) is 0 Å². The smallest absolute Gasteiger partial charge is 0.306 e. The molecule has 4 rings (SSSR count). The number of ketones is 2. The van der Waals surface area contributed by atoms with Crippen LogP contribution in [-0.2, 0) is 19.1 Å². The van der Waals surface area contributed by atoms with Crippen LogP contribution in [0.25, 0.3) is 0 Å². The molecule has 3 fully saturated rings. The lowest BCUT2D eigenvalue weighted by molar-refractivity contribution is -0.228. The molecule has 0 heterocycles. The summed E-state index contributed by atoms with van der Waals surface area (Å²) in [5.74, 6) is -2.28. The number of esters is 1. The monoisotopic (exact) mass is 476 g/mol. The zero-order valence-electron chi connectivity index (χ0n) is 20.6. The number of aliphatic hydroxyl groups excluding tert-OH is 2. The summed E-state index contributed by atoms with van der Waals surface area (Å²) in [7, 11) is 0. The number of alkyl halides is 1. The molecule has 0 radical (unpaired) electrons. The molecule has 4 aliphatic carbocycles. The molecule has 188 valence electrons. The second-order valence-corrected chi connectivity index (χ2v) is 11.3.